The Morgan fingerprint density at radius 2 is 1.39 bits per heavy atom. The molecule has 4 heterocycles. The number of aliphatic imine (C=N–C) groups is 1. The molecule has 0 saturated heterocycles. The van der Waals surface area contributed by atoms with Gasteiger partial charge >= 0.3 is 0 Å². The Balaban J connectivity index is 0.000000148. The summed E-state index contributed by atoms with van der Waals surface area (Å²) in [7, 11) is 0. The zero-order valence-electron chi connectivity index (χ0n) is 19.4. The number of pyridine rings is 1. The van der Waals surface area contributed by atoms with E-state index in [4.69, 9.17) is 8.83 Å². The smallest absolute Gasteiger partial charge is 0.137 e. The van der Waals surface area contributed by atoms with Gasteiger partial charge < -0.3 is 8.83 Å². The quantitative estimate of drug-likeness (QED) is 0.242. The third-order valence-corrected chi connectivity index (χ3v) is 5.74. The van der Waals surface area contributed by atoms with Crippen LogP contribution in [-0.4, -0.2) is 17.2 Å². The first kappa shape index (κ1) is 23.5. The van der Waals surface area contributed by atoms with E-state index in [0.717, 1.165) is 46.8 Å². The maximum Gasteiger partial charge on any atom is 0.137 e. The lowest BCUT2D eigenvalue weighted by Gasteiger charge is -2.12. The minimum atomic E-state index is -0.631. The summed E-state index contributed by atoms with van der Waals surface area (Å²) in [6.07, 6.45) is 2.26. The Kier molecular flexibility index (Phi) is 6.18. The summed E-state index contributed by atoms with van der Waals surface area (Å²) in [4.78, 5) is 8.50. The average molecular weight is 492 g/mol. The van der Waals surface area contributed by atoms with E-state index in [1.54, 1.807) is 18.3 Å². The summed E-state index contributed by atoms with van der Waals surface area (Å²) in [6.45, 7) is 4.22. The molecule has 0 unspecified atom stereocenters. The zero-order chi connectivity index (χ0) is 25.4. The molecule has 4 nitrogen and oxygen atoms in total. The van der Waals surface area contributed by atoms with Crippen LogP contribution >= 0.6 is 0 Å². The second-order valence-corrected chi connectivity index (χ2v) is 8.35. The average Bonchev–Trinajstić information content (AvgIpc) is 3.40. The lowest BCUT2D eigenvalue weighted by Crippen LogP contribution is -2.13. The highest BCUT2D eigenvalue weighted by atomic mass is 19.1. The van der Waals surface area contributed by atoms with Gasteiger partial charge in [-0.1, -0.05) is 0 Å². The van der Waals surface area contributed by atoms with Gasteiger partial charge in [0.25, 0.3) is 0 Å². The van der Waals surface area contributed by atoms with Crippen molar-refractivity contribution in [1.29, 1.82) is 0 Å². The van der Waals surface area contributed by atoms with Gasteiger partial charge in [0.2, 0.25) is 0 Å². The Morgan fingerprint density at radius 3 is 2.08 bits per heavy atom. The molecule has 0 fully saturated rings. The molecule has 0 aliphatic carbocycles. The fourth-order valence-electron chi connectivity index (χ4n) is 4.20. The second-order valence-electron chi connectivity index (χ2n) is 8.35. The second kappa shape index (κ2) is 9.45. The van der Waals surface area contributed by atoms with Crippen molar-refractivity contribution >= 4 is 16.7 Å². The van der Waals surface area contributed by atoms with Crippen LogP contribution in [0.4, 0.5) is 17.6 Å². The first-order valence-corrected chi connectivity index (χ1v) is 11.2. The van der Waals surface area contributed by atoms with Crippen LogP contribution in [0.1, 0.15) is 28.4 Å². The fourth-order valence-corrected chi connectivity index (χ4v) is 4.20. The van der Waals surface area contributed by atoms with Gasteiger partial charge in [-0.15, -0.1) is 0 Å². The molecule has 5 aromatic rings. The van der Waals surface area contributed by atoms with E-state index >= 15 is 0 Å². The molecule has 2 aromatic carbocycles. The predicted octanol–water partition coefficient (Wildman–Crippen LogP) is 7.34. The maximum absolute atomic E-state index is 13.8. The van der Waals surface area contributed by atoms with E-state index in [0.29, 0.717) is 29.1 Å². The van der Waals surface area contributed by atoms with Crippen LogP contribution in [0.15, 0.2) is 74.6 Å². The lowest BCUT2D eigenvalue weighted by atomic mass is 9.98. The summed E-state index contributed by atoms with van der Waals surface area (Å²) in [5.74, 6) is -0.0996. The summed E-state index contributed by atoms with van der Waals surface area (Å²) in [5.41, 5.74) is 3.04. The minimum Gasteiger partial charge on any atom is -0.466 e. The van der Waals surface area contributed by atoms with Crippen molar-refractivity contribution in [3.63, 3.8) is 0 Å². The molecule has 1 aliphatic rings. The molecule has 0 radical (unpaired) electrons. The zero-order valence-corrected chi connectivity index (χ0v) is 19.4. The largest absolute Gasteiger partial charge is 0.466 e. The van der Waals surface area contributed by atoms with Gasteiger partial charge in [0.05, 0.1) is 11.4 Å². The van der Waals surface area contributed by atoms with Crippen molar-refractivity contribution < 1.29 is 26.4 Å². The summed E-state index contributed by atoms with van der Waals surface area (Å²) in [6, 6.07) is 12.3. The Hall–Kier alpha value is -4.20. The molecule has 8 heteroatoms. The van der Waals surface area contributed by atoms with E-state index in [-0.39, 0.29) is 5.56 Å². The molecule has 0 spiro atoms. The number of hydrogen-bond acceptors (Lipinski definition) is 4. The number of hydrogen-bond donors (Lipinski definition) is 0. The highest BCUT2D eigenvalue weighted by Gasteiger charge is 2.22. The highest BCUT2D eigenvalue weighted by Crippen LogP contribution is 2.30. The molecular formula is C28H20F4N2O2. The summed E-state index contributed by atoms with van der Waals surface area (Å²) in [5, 5.41) is 0.723. The number of rotatable bonds is 2. The molecular weight excluding hydrogens is 472 g/mol. The van der Waals surface area contributed by atoms with E-state index in [2.05, 4.69) is 9.98 Å². The molecule has 0 amide bonds. The van der Waals surface area contributed by atoms with Crippen molar-refractivity contribution in [3.05, 3.63) is 112 Å². The van der Waals surface area contributed by atoms with Crippen LogP contribution in [0.5, 0.6) is 0 Å². The number of nitrogens with zero attached hydrogens (tertiary/aromatic N) is 2. The molecule has 0 saturated carbocycles. The Labute approximate surface area is 203 Å². The van der Waals surface area contributed by atoms with E-state index in [9.17, 15) is 17.6 Å². The number of benzene rings is 2. The number of furan rings is 2. The summed E-state index contributed by atoms with van der Waals surface area (Å²) < 4.78 is 64.4. The van der Waals surface area contributed by atoms with Crippen LogP contribution in [-0.2, 0) is 6.42 Å². The van der Waals surface area contributed by atoms with Gasteiger partial charge in [0, 0.05) is 53.4 Å². The molecule has 0 N–H and O–H groups in total. The molecule has 182 valence electrons. The van der Waals surface area contributed by atoms with E-state index in [1.807, 2.05) is 19.9 Å². The maximum atomic E-state index is 13.8. The normalized spacial score (nSPS) is 12.7. The van der Waals surface area contributed by atoms with Gasteiger partial charge in [-0.25, -0.2) is 17.6 Å². The van der Waals surface area contributed by atoms with Crippen LogP contribution in [0.25, 0.3) is 22.2 Å². The highest BCUT2D eigenvalue weighted by molar-refractivity contribution is 6.14. The molecule has 0 bridgehead atoms. The first-order valence-electron chi connectivity index (χ1n) is 11.2. The van der Waals surface area contributed by atoms with Crippen LogP contribution in [0.3, 0.4) is 0 Å². The molecule has 6 rings (SSSR count). The topological polar surface area (TPSA) is 51.5 Å². The third-order valence-electron chi connectivity index (χ3n) is 5.74. The molecule has 3 aromatic heterocycles. The molecule has 0 atom stereocenters. The van der Waals surface area contributed by atoms with Crippen LogP contribution in [0.2, 0.25) is 0 Å². The summed E-state index contributed by atoms with van der Waals surface area (Å²) >= 11 is 0. The standard InChI is InChI=1S/C14H11F2NO.C14H9F2NO/c2*1-8-6-11-13(18-8)4-5-17-14(11)10-3-2-9(15)7-12(10)16/h2-3,6-7H,4-5H2,1H3;2-7H,1H3. The van der Waals surface area contributed by atoms with Gasteiger partial charge in [0.1, 0.15) is 46.1 Å². The van der Waals surface area contributed by atoms with Crippen LogP contribution < -0.4 is 0 Å². The van der Waals surface area contributed by atoms with E-state index < -0.39 is 23.3 Å². The Morgan fingerprint density at radius 1 is 0.722 bits per heavy atom. The Bertz CT molecular complexity index is 1620. The minimum absolute atomic E-state index is 0.266. The van der Waals surface area contributed by atoms with Crippen molar-refractivity contribution in [2.45, 2.75) is 20.3 Å². The van der Waals surface area contributed by atoms with Gasteiger partial charge in [-0.05, 0) is 56.3 Å². The lowest BCUT2D eigenvalue weighted by molar-refractivity contribution is 0.482. The SMILES string of the molecule is Cc1cc2c(-c3ccc(F)cc3F)nccc2o1.Cc1cc2c(o1)CCN=C2c1ccc(F)cc1F. The van der Waals surface area contributed by atoms with Crippen molar-refractivity contribution in [2.24, 2.45) is 4.99 Å². The number of fused-ring (bicyclic) bond motifs is 2. The van der Waals surface area contributed by atoms with E-state index in [1.165, 1.54) is 24.3 Å². The predicted molar refractivity (Wildman–Crippen MR) is 128 cm³/mol. The fraction of sp³-hybridized carbons (Fsp3) is 0.143. The van der Waals surface area contributed by atoms with Crippen molar-refractivity contribution in [1.82, 2.24) is 4.98 Å². The number of aromatic nitrogens is 1. The van der Waals surface area contributed by atoms with Gasteiger partial charge in [-0.2, -0.15) is 0 Å². The molecule has 1 aliphatic heterocycles. The number of halogens is 4. The van der Waals surface area contributed by atoms with Gasteiger partial charge in [-0.3, -0.25) is 9.98 Å². The van der Waals surface area contributed by atoms with Crippen LogP contribution in [0, 0.1) is 37.1 Å². The number of aryl methyl sites for hydroxylation is 2. The van der Waals surface area contributed by atoms with Crippen molar-refractivity contribution in [2.75, 3.05) is 6.54 Å². The first-order chi connectivity index (χ1) is 17.3. The third kappa shape index (κ3) is 4.54. The molecule has 36 heavy (non-hydrogen) atoms. The monoisotopic (exact) mass is 492 g/mol. The van der Waals surface area contributed by atoms with Gasteiger partial charge in [0.15, 0.2) is 0 Å². The van der Waals surface area contributed by atoms with Crippen molar-refractivity contribution in [3.8, 4) is 11.3 Å².